The first-order valence-electron chi connectivity index (χ1n) is 5.35. The van der Waals surface area contributed by atoms with Crippen molar-refractivity contribution in [2.24, 2.45) is 0 Å². The molecule has 1 heterocycles. The molecular weight excluding hydrogens is 302 g/mol. The Kier molecular flexibility index (Phi) is 3.79. The van der Waals surface area contributed by atoms with Crippen LogP contribution in [-0.2, 0) is 0 Å². The summed E-state index contributed by atoms with van der Waals surface area (Å²) in [6.07, 6.45) is 0. The lowest BCUT2D eigenvalue weighted by Gasteiger charge is -2.15. The summed E-state index contributed by atoms with van der Waals surface area (Å²) in [5.74, 6) is 0.885. The van der Waals surface area contributed by atoms with Crippen LogP contribution in [0.1, 0.15) is 24.3 Å². The maximum atomic E-state index is 6.08. The van der Waals surface area contributed by atoms with Gasteiger partial charge in [-0.05, 0) is 59.6 Å². The maximum Gasteiger partial charge on any atom is 0.169 e. The largest absolute Gasteiger partial charge is 0.452 e. The van der Waals surface area contributed by atoms with Gasteiger partial charge in [0.05, 0.1) is 6.04 Å². The van der Waals surface area contributed by atoms with E-state index in [9.17, 15) is 0 Å². The van der Waals surface area contributed by atoms with Crippen LogP contribution in [0.2, 0.25) is 5.02 Å². The predicted molar refractivity (Wildman–Crippen MR) is 74.6 cm³/mol. The summed E-state index contributed by atoms with van der Waals surface area (Å²) in [6, 6.07) is 9.76. The van der Waals surface area contributed by atoms with E-state index in [0.29, 0.717) is 0 Å². The molecule has 4 heteroatoms. The summed E-state index contributed by atoms with van der Waals surface area (Å²) in [7, 11) is 0. The summed E-state index contributed by atoms with van der Waals surface area (Å²) < 4.78 is 6.25. The van der Waals surface area contributed by atoms with Crippen molar-refractivity contribution in [1.29, 1.82) is 0 Å². The molecule has 1 aromatic carbocycles. The first-order chi connectivity index (χ1) is 8.08. The van der Waals surface area contributed by atoms with Gasteiger partial charge in [-0.25, -0.2) is 0 Å². The van der Waals surface area contributed by atoms with Crippen LogP contribution in [-0.4, -0.2) is 0 Å². The summed E-state index contributed by atoms with van der Waals surface area (Å²) in [5.41, 5.74) is 2.07. The van der Waals surface area contributed by atoms with Gasteiger partial charge in [0.2, 0.25) is 0 Å². The lowest BCUT2D eigenvalue weighted by molar-refractivity contribution is 0.471. The smallest absolute Gasteiger partial charge is 0.169 e. The minimum Gasteiger partial charge on any atom is -0.452 e. The second-order valence-corrected chi connectivity index (χ2v) is 5.11. The molecule has 0 saturated heterocycles. The Morgan fingerprint density at radius 2 is 2.06 bits per heavy atom. The Morgan fingerprint density at radius 3 is 2.71 bits per heavy atom. The van der Waals surface area contributed by atoms with Gasteiger partial charge in [0.15, 0.2) is 4.67 Å². The lowest BCUT2D eigenvalue weighted by atomic mass is 10.1. The lowest BCUT2D eigenvalue weighted by Crippen LogP contribution is -2.06. The van der Waals surface area contributed by atoms with Crippen molar-refractivity contribution in [3.63, 3.8) is 0 Å². The van der Waals surface area contributed by atoms with E-state index in [2.05, 4.69) is 21.2 Å². The Labute approximate surface area is 114 Å². The minimum absolute atomic E-state index is 0.0958. The van der Waals surface area contributed by atoms with E-state index in [4.69, 9.17) is 16.0 Å². The van der Waals surface area contributed by atoms with Gasteiger partial charge in [0.25, 0.3) is 0 Å². The van der Waals surface area contributed by atoms with Gasteiger partial charge >= 0.3 is 0 Å². The molecule has 2 aromatic rings. The highest BCUT2D eigenvalue weighted by atomic mass is 79.9. The number of benzene rings is 1. The molecule has 0 spiro atoms. The third-order valence-electron chi connectivity index (χ3n) is 2.66. The molecule has 1 unspecified atom stereocenters. The molecule has 1 N–H and O–H groups in total. The van der Waals surface area contributed by atoms with Crippen molar-refractivity contribution in [1.82, 2.24) is 0 Å². The van der Waals surface area contributed by atoms with Crippen LogP contribution in [0.15, 0.2) is 39.4 Å². The number of rotatable bonds is 3. The average Bonchev–Trinajstić information content (AvgIpc) is 2.72. The number of hydrogen-bond acceptors (Lipinski definition) is 2. The van der Waals surface area contributed by atoms with Crippen LogP contribution in [0, 0.1) is 6.92 Å². The molecule has 2 nitrogen and oxygen atoms in total. The maximum absolute atomic E-state index is 6.08. The fourth-order valence-electron chi connectivity index (χ4n) is 1.63. The SMILES string of the molecule is Cc1c(Cl)cccc1NC(C)c1ccc(Br)o1. The normalized spacial score (nSPS) is 12.5. The Hall–Kier alpha value is -0.930. The van der Waals surface area contributed by atoms with Crippen molar-refractivity contribution in [2.75, 3.05) is 5.32 Å². The van der Waals surface area contributed by atoms with Gasteiger partial charge in [0, 0.05) is 10.7 Å². The van der Waals surface area contributed by atoms with Crippen LogP contribution in [0.4, 0.5) is 5.69 Å². The zero-order valence-corrected chi connectivity index (χ0v) is 12.0. The van der Waals surface area contributed by atoms with Crippen molar-refractivity contribution in [3.8, 4) is 0 Å². The number of furan rings is 1. The van der Waals surface area contributed by atoms with Gasteiger partial charge in [-0.15, -0.1) is 0 Å². The molecule has 0 radical (unpaired) electrons. The number of halogens is 2. The molecule has 0 fully saturated rings. The molecule has 0 aliphatic heterocycles. The molecule has 0 bridgehead atoms. The molecule has 0 aliphatic rings. The Morgan fingerprint density at radius 1 is 1.29 bits per heavy atom. The third kappa shape index (κ3) is 2.85. The monoisotopic (exact) mass is 313 g/mol. The summed E-state index contributed by atoms with van der Waals surface area (Å²) in [6.45, 7) is 4.04. The minimum atomic E-state index is 0.0958. The molecule has 0 aliphatic carbocycles. The van der Waals surface area contributed by atoms with Crippen LogP contribution in [0.5, 0.6) is 0 Å². The molecule has 1 atom stereocenters. The van der Waals surface area contributed by atoms with Gasteiger partial charge < -0.3 is 9.73 Å². The highest BCUT2D eigenvalue weighted by molar-refractivity contribution is 9.10. The standard InChI is InChI=1S/C13H13BrClNO/c1-8-10(15)4-3-5-11(8)16-9(2)12-6-7-13(14)17-12/h3-7,9,16H,1-2H3. The predicted octanol–water partition coefficient (Wildman–Crippen LogP) is 5.18. The van der Waals surface area contributed by atoms with E-state index < -0.39 is 0 Å². The second kappa shape index (κ2) is 5.15. The second-order valence-electron chi connectivity index (χ2n) is 3.92. The zero-order valence-electron chi connectivity index (χ0n) is 9.63. The van der Waals surface area contributed by atoms with Gasteiger partial charge in [-0.1, -0.05) is 17.7 Å². The van der Waals surface area contributed by atoms with Gasteiger partial charge in [-0.3, -0.25) is 0 Å². The summed E-state index contributed by atoms with van der Waals surface area (Å²) in [5, 5.41) is 4.15. The Bertz CT molecular complexity index is 524. The first kappa shape index (κ1) is 12.5. The number of nitrogens with one attached hydrogen (secondary N) is 1. The molecule has 0 amide bonds. The van der Waals surface area contributed by atoms with Crippen molar-refractivity contribution in [3.05, 3.63) is 51.3 Å². The molecular formula is C13H13BrClNO. The molecule has 2 rings (SSSR count). The number of hydrogen-bond donors (Lipinski definition) is 1. The van der Waals surface area contributed by atoms with E-state index in [0.717, 1.165) is 26.7 Å². The highest BCUT2D eigenvalue weighted by Gasteiger charge is 2.11. The highest BCUT2D eigenvalue weighted by Crippen LogP contribution is 2.28. The first-order valence-corrected chi connectivity index (χ1v) is 6.52. The topological polar surface area (TPSA) is 25.2 Å². The van der Waals surface area contributed by atoms with Crippen molar-refractivity contribution >= 4 is 33.2 Å². The van der Waals surface area contributed by atoms with Crippen molar-refractivity contribution in [2.45, 2.75) is 19.9 Å². The summed E-state index contributed by atoms with van der Waals surface area (Å²) in [4.78, 5) is 0. The van der Waals surface area contributed by atoms with Crippen LogP contribution >= 0.6 is 27.5 Å². The van der Waals surface area contributed by atoms with E-state index in [1.807, 2.05) is 44.2 Å². The molecule has 0 saturated carbocycles. The van der Waals surface area contributed by atoms with E-state index in [1.165, 1.54) is 0 Å². The van der Waals surface area contributed by atoms with Crippen LogP contribution < -0.4 is 5.32 Å². The Balaban J connectivity index is 2.18. The molecule has 90 valence electrons. The van der Waals surface area contributed by atoms with Crippen LogP contribution in [0.3, 0.4) is 0 Å². The van der Waals surface area contributed by atoms with Crippen molar-refractivity contribution < 1.29 is 4.42 Å². The molecule has 1 aromatic heterocycles. The van der Waals surface area contributed by atoms with Gasteiger partial charge in [-0.2, -0.15) is 0 Å². The van der Waals surface area contributed by atoms with E-state index in [-0.39, 0.29) is 6.04 Å². The fourth-order valence-corrected chi connectivity index (χ4v) is 2.12. The fraction of sp³-hybridized carbons (Fsp3) is 0.231. The summed E-state index contributed by atoms with van der Waals surface area (Å²) >= 11 is 9.37. The zero-order chi connectivity index (χ0) is 12.4. The quantitative estimate of drug-likeness (QED) is 0.844. The van der Waals surface area contributed by atoms with Crippen LogP contribution in [0.25, 0.3) is 0 Å². The van der Waals surface area contributed by atoms with E-state index >= 15 is 0 Å². The van der Waals surface area contributed by atoms with E-state index in [1.54, 1.807) is 0 Å². The van der Waals surface area contributed by atoms with Gasteiger partial charge in [0.1, 0.15) is 5.76 Å². The average molecular weight is 315 g/mol. The molecule has 17 heavy (non-hydrogen) atoms. The third-order valence-corrected chi connectivity index (χ3v) is 3.50. The number of anilines is 1.